The molecule has 10 aromatic rings. The summed E-state index contributed by atoms with van der Waals surface area (Å²) in [5.41, 5.74) is -1.53. The third kappa shape index (κ3) is 3.97. The van der Waals surface area contributed by atoms with Gasteiger partial charge in [-0.15, -0.1) is 0 Å². The quantitative estimate of drug-likeness (QED) is 0.180. The van der Waals surface area contributed by atoms with Crippen LogP contribution in [-0.2, 0) is 0 Å². The third-order valence-corrected chi connectivity index (χ3v) is 8.31. The highest BCUT2D eigenvalue weighted by molar-refractivity contribution is 6.23. The lowest BCUT2D eigenvalue weighted by Crippen LogP contribution is -1.91. The van der Waals surface area contributed by atoms with Gasteiger partial charge in [-0.25, -0.2) is 0 Å². The van der Waals surface area contributed by atoms with E-state index in [0.29, 0.717) is 21.5 Å². The molecule has 0 fully saturated rings. The maximum atomic E-state index is 9.80. The fraction of sp³-hybridized carbons (Fsp3) is 0. The Bertz CT molecular complexity index is 3920. The van der Waals surface area contributed by atoms with Crippen molar-refractivity contribution in [3.05, 3.63) is 169 Å². The van der Waals surface area contributed by atoms with E-state index in [4.69, 9.17) is 25.0 Å². The van der Waals surface area contributed by atoms with Crippen LogP contribution in [0.2, 0.25) is 0 Å². The molecule has 0 radical (unpaired) electrons. The van der Waals surface area contributed by atoms with Crippen molar-refractivity contribution in [3.8, 4) is 33.4 Å². The van der Waals surface area contributed by atoms with Gasteiger partial charge in [-0.05, 0) is 95.3 Å². The Balaban J connectivity index is 1.36. The number of rotatable bonds is 3. The largest absolute Gasteiger partial charge is 0.455 e. The number of benzene rings is 9. The Kier molecular flexibility index (Phi) is 2.87. The molecular formula is C46H28O. The minimum absolute atomic E-state index is 0.126. The topological polar surface area (TPSA) is 13.1 Å². The smallest absolute Gasteiger partial charge is 0.143 e. The fourth-order valence-electron chi connectivity index (χ4n) is 6.30. The SMILES string of the molecule is [2H]c1c([2H])c(-c2c3ccccc3c(-c3c([2H])c([2H])c4oc5c6c([2H])c([2H])c([2H])c([2H])c6c([2H])c([2H])c5c4c3[2H])c3ccccc23)c([2H])c(-c2c([2H])c([2H])c([2H])c3c([2H])c([2H])c([2H])c([2H])c23)c1[2H]. The second kappa shape index (κ2) is 10.2. The van der Waals surface area contributed by atoms with E-state index in [2.05, 4.69) is 0 Å². The number of hydrogen-bond acceptors (Lipinski definition) is 1. The lowest BCUT2D eigenvalue weighted by molar-refractivity contribution is 0.672. The van der Waals surface area contributed by atoms with Crippen molar-refractivity contribution in [2.75, 3.05) is 0 Å². The molecule has 1 heteroatoms. The molecule has 47 heavy (non-hydrogen) atoms. The molecule has 1 heterocycles. The normalized spacial score (nSPS) is 17.8. The Hall–Kier alpha value is -6.18. The van der Waals surface area contributed by atoms with E-state index in [1.54, 1.807) is 48.5 Å². The van der Waals surface area contributed by atoms with Gasteiger partial charge in [-0.2, -0.15) is 0 Å². The van der Waals surface area contributed by atoms with Crippen LogP contribution in [0.25, 0.3) is 98.4 Å². The van der Waals surface area contributed by atoms with Gasteiger partial charge in [0, 0.05) is 16.2 Å². The highest BCUT2D eigenvalue weighted by Gasteiger charge is 2.19. The minimum atomic E-state index is -0.753. The van der Waals surface area contributed by atoms with Crippen LogP contribution in [0.5, 0.6) is 0 Å². The summed E-state index contributed by atoms with van der Waals surface area (Å²) in [6.45, 7) is 0. The van der Waals surface area contributed by atoms with Crippen LogP contribution < -0.4 is 0 Å². The molecule has 0 atom stereocenters. The molecule has 0 aliphatic carbocycles. The molecule has 1 nitrogen and oxygen atoms in total. The highest BCUT2D eigenvalue weighted by Crippen LogP contribution is 2.45. The molecule has 0 saturated heterocycles. The molecule has 0 saturated carbocycles. The first-order chi connectivity index (χ1) is 31.7. The van der Waals surface area contributed by atoms with Crippen molar-refractivity contribution < 1.29 is 31.8 Å². The van der Waals surface area contributed by atoms with Crippen molar-refractivity contribution >= 4 is 65.0 Å². The number of furan rings is 1. The molecule has 0 unspecified atom stereocenters. The van der Waals surface area contributed by atoms with E-state index >= 15 is 0 Å². The van der Waals surface area contributed by atoms with Crippen LogP contribution in [-0.4, -0.2) is 0 Å². The standard InChI is InChI=1S/C46H28O/c1-3-16-34-29(11-1)13-10-22-35(34)31-14-9-15-32(27-31)44-37-18-5-7-20-39(37)45(40-21-8-6-19-38(40)44)33-24-26-43-42(28-33)41-25-23-30-12-2-4-17-36(30)46(41)47-43/h1-28H/i1D,2D,3D,4D,9D,10D,11D,12D,13D,14D,15D,16D,17D,22D,23D,24D,25D,26D,27D,28D. The molecule has 1 aromatic heterocycles. The highest BCUT2D eigenvalue weighted by atomic mass is 16.3. The summed E-state index contributed by atoms with van der Waals surface area (Å²) >= 11 is 0. The first-order valence-electron chi connectivity index (χ1n) is 24.6. The van der Waals surface area contributed by atoms with E-state index in [0.717, 1.165) is 0 Å². The van der Waals surface area contributed by atoms with Crippen molar-refractivity contribution in [2.45, 2.75) is 0 Å². The molecule has 10 rings (SSSR count). The average Bonchev–Trinajstić information content (AvgIpc) is 3.72. The first kappa shape index (κ1) is 13.3. The van der Waals surface area contributed by atoms with Gasteiger partial charge in [0.25, 0.3) is 0 Å². The molecule has 0 spiro atoms. The average molecular weight is 617 g/mol. The first-order valence-corrected chi connectivity index (χ1v) is 14.6. The van der Waals surface area contributed by atoms with Crippen LogP contribution in [0.15, 0.2) is 174 Å². The summed E-state index contributed by atoms with van der Waals surface area (Å²) in [4.78, 5) is 0. The second-order valence-electron chi connectivity index (χ2n) is 10.9. The lowest BCUT2D eigenvalue weighted by Gasteiger charge is -2.18. The Labute approximate surface area is 300 Å². The molecule has 9 aromatic carbocycles. The van der Waals surface area contributed by atoms with Gasteiger partial charge in [0.2, 0.25) is 0 Å². The molecule has 218 valence electrons. The summed E-state index contributed by atoms with van der Waals surface area (Å²) in [6.07, 6.45) is 0. The van der Waals surface area contributed by atoms with Crippen molar-refractivity contribution in [3.63, 3.8) is 0 Å². The van der Waals surface area contributed by atoms with E-state index in [1.807, 2.05) is 0 Å². The zero-order valence-electron chi connectivity index (χ0n) is 44.0. The van der Waals surface area contributed by atoms with E-state index < -0.39 is 143 Å². The van der Waals surface area contributed by atoms with Crippen molar-refractivity contribution in [2.24, 2.45) is 0 Å². The molecule has 0 bridgehead atoms. The molecular weight excluding hydrogens is 569 g/mol. The molecule has 0 amide bonds. The molecule has 0 aliphatic heterocycles. The van der Waals surface area contributed by atoms with E-state index in [9.17, 15) is 6.85 Å². The van der Waals surface area contributed by atoms with Gasteiger partial charge in [-0.1, -0.05) is 145 Å². The summed E-state index contributed by atoms with van der Waals surface area (Å²) < 4.78 is 184. The maximum absolute atomic E-state index is 9.80. The van der Waals surface area contributed by atoms with Gasteiger partial charge >= 0.3 is 0 Å². The Morgan fingerprint density at radius 1 is 0.383 bits per heavy atom. The maximum Gasteiger partial charge on any atom is 0.143 e. The minimum Gasteiger partial charge on any atom is -0.455 e. The third-order valence-electron chi connectivity index (χ3n) is 8.31. The summed E-state index contributed by atoms with van der Waals surface area (Å²) in [7, 11) is 0. The van der Waals surface area contributed by atoms with Gasteiger partial charge in [-0.3, -0.25) is 0 Å². The summed E-state index contributed by atoms with van der Waals surface area (Å²) in [5.74, 6) is 0. The van der Waals surface area contributed by atoms with Crippen LogP contribution >= 0.6 is 0 Å². The van der Waals surface area contributed by atoms with Crippen LogP contribution in [0.4, 0.5) is 0 Å². The molecule has 0 aliphatic rings. The Morgan fingerprint density at radius 3 is 1.68 bits per heavy atom. The predicted molar refractivity (Wildman–Crippen MR) is 200 cm³/mol. The van der Waals surface area contributed by atoms with Gasteiger partial charge in [0.05, 0.1) is 27.4 Å². The van der Waals surface area contributed by atoms with Gasteiger partial charge < -0.3 is 4.42 Å². The van der Waals surface area contributed by atoms with Crippen LogP contribution in [0.1, 0.15) is 27.4 Å². The summed E-state index contributed by atoms with van der Waals surface area (Å²) in [5, 5.41) is -0.471. The number of fused-ring (bicyclic) bond motifs is 8. The van der Waals surface area contributed by atoms with E-state index in [1.165, 1.54) is 0 Å². The predicted octanol–water partition coefficient (Wildman–Crippen LogP) is 13.2. The fourth-order valence-corrected chi connectivity index (χ4v) is 6.30. The Morgan fingerprint density at radius 2 is 0.957 bits per heavy atom. The van der Waals surface area contributed by atoms with Crippen LogP contribution in [0, 0.1) is 0 Å². The van der Waals surface area contributed by atoms with Gasteiger partial charge in [0.15, 0.2) is 0 Å². The summed E-state index contributed by atoms with van der Waals surface area (Å²) in [6, 6.07) is 0.576. The van der Waals surface area contributed by atoms with Crippen molar-refractivity contribution in [1.29, 1.82) is 0 Å². The zero-order chi connectivity index (χ0) is 48.3. The zero-order valence-corrected chi connectivity index (χ0v) is 24.0. The van der Waals surface area contributed by atoms with Crippen LogP contribution in [0.3, 0.4) is 0 Å². The van der Waals surface area contributed by atoms with Crippen molar-refractivity contribution in [1.82, 2.24) is 0 Å². The number of hydrogen-bond donors (Lipinski definition) is 0. The lowest BCUT2D eigenvalue weighted by atomic mass is 9.85. The van der Waals surface area contributed by atoms with Gasteiger partial charge in [0.1, 0.15) is 11.2 Å². The molecule has 0 N–H and O–H groups in total. The second-order valence-corrected chi connectivity index (χ2v) is 10.9. The monoisotopic (exact) mass is 616 g/mol. The van der Waals surface area contributed by atoms with E-state index in [-0.39, 0.29) is 55.0 Å².